The Bertz CT molecular complexity index is 363. The van der Waals surface area contributed by atoms with Gasteiger partial charge in [0, 0.05) is 24.2 Å². The molecule has 3 nitrogen and oxygen atoms in total. The monoisotopic (exact) mass is 227 g/mol. The van der Waals surface area contributed by atoms with Crippen LogP contribution in [0.25, 0.3) is 0 Å². The van der Waals surface area contributed by atoms with Gasteiger partial charge in [0.25, 0.3) is 0 Å². The number of rotatable bonds is 1. The molecule has 0 bridgehead atoms. The molecule has 1 aliphatic heterocycles. The van der Waals surface area contributed by atoms with Crippen LogP contribution in [0.15, 0.2) is 12.3 Å². The molecule has 1 N–H and O–H groups in total. The Morgan fingerprint density at radius 3 is 3.29 bits per heavy atom. The van der Waals surface area contributed by atoms with Gasteiger partial charge in [0.15, 0.2) is 0 Å². The Morgan fingerprint density at radius 2 is 2.57 bits per heavy atom. The quantitative estimate of drug-likeness (QED) is 0.742. The summed E-state index contributed by atoms with van der Waals surface area (Å²) >= 11 is 7.06. The van der Waals surface area contributed by atoms with Gasteiger partial charge in [0.2, 0.25) is 0 Å². The molecule has 1 saturated heterocycles. The van der Waals surface area contributed by atoms with Crippen LogP contribution in [0.3, 0.4) is 0 Å². The third-order valence-corrected chi connectivity index (χ3v) is 3.66. The van der Waals surface area contributed by atoms with Crippen molar-refractivity contribution in [1.29, 1.82) is 0 Å². The lowest BCUT2D eigenvalue weighted by Gasteiger charge is -2.31. The van der Waals surface area contributed by atoms with Crippen LogP contribution in [0.2, 0.25) is 0 Å². The molecule has 2 rings (SSSR count). The summed E-state index contributed by atoms with van der Waals surface area (Å²) in [6.45, 7) is 1.12. The molecule has 1 aliphatic rings. The zero-order chi connectivity index (χ0) is 9.97. The second-order valence-electron chi connectivity index (χ2n) is 3.39. The molecule has 1 aromatic heterocycles. The van der Waals surface area contributed by atoms with Crippen LogP contribution in [0, 0.1) is 4.64 Å². The summed E-state index contributed by atoms with van der Waals surface area (Å²) in [5.41, 5.74) is 0. The van der Waals surface area contributed by atoms with E-state index in [0.717, 1.165) is 22.8 Å². The first kappa shape index (κ1) is 10.1. The van der Waals surface area contributed by atoms with Crippen molar-refractivity contribution < 1.29 is 0 Å². The van der Waals surface area contributed by atoms with Crippen LogP contribution in [0.1, 0.15) is 11.9 Å². The van der Waals surface area contributed by atoms with Gasteiger partial charge >= 0.3 is 0 Å². The Morgan fingerprint density at radius 1 is 1.71 bits per heavy atom. The molecule has 1 aromatic rings. The fourth-order valence-corrected chi connectivity index (χ4v) is 2.91. The third kappa shape index (κ3) is 2.16. The van der Waals surface area contributed by atoms with Gasteiger partial charge in [0.1, 0.15) is 10.5 Å². The first-order valence-corrected chi connectivity index (χ1v) is 6.17. The summed E-state index contributed by atoms with van der Waals surface area (Å²) in [7, 11) is 2.13. The van der Waals surface area contributed by atoms with Crippen LogP contribution < -0.4 is 0 Å². The van der Waals surface area contributed by atoms with E-state index in [1.807, 2.05) is 17.8 Å². The number of nitrogens with zero attached hydrogens (tertiary/aromatic N) is 2. The molecular formula is C9H13N3S2. The van der Waals surface area contributed by atoms with E-state index >= 15 is 0 Å². The maximum atomic E-state index is 5.09. The summed E-state index contributed by atoms with van der Waals surface area (Å²) in [6, 6.07) is 2.20. The fourth-order valence-electron chi connectivity index (χ4n) is 1.53. The van der Waals surface area contributed by atoms with Crippen molar-refractivity contribution in [2.75, 3.05) is 25.1 Å². The number of hydrogen-bond acceptors (Lipinski definition) is 4. The average Bonchev–Trinajstić information content (AvgIpc) is 2.18. The summed E-state index contributed by atoms with van der Waals surface area (Å²) in [6.07, 6.45) is 1.78. The fraction of sp³-hybridized carbons (Fsp3) is 0.556. The van der Waals surface area contributed by atoms with E-state index < -0.39 is 0 Å². The van der Waals surface area contributed by atoms with E-state index in [-0.39, 0.29) is 0 Å². The SMILES string of the molecule is CN1CCSCC1c1nccc(=S)[nH]1. The van der Waals surface area contributed by atoms with Gasteiger partial charge in [-0.2, -0.15) is 11.8 Å². The van der Waals surface area contributed by atoms with Crippen LogP contribution in [0.4, 0.5) is 0 Å². The minimum absolute atomic E-state index is 0.386. The molecule has 76 valence electrons. The molecule has 0 radical (unpaired) electrons. The molecule has 1 fully saturated rings. The van der Waals surface area contributed by atoms with E-state index in [1.165, 1.54) is 5.75 Å². The second-order valence-corrected chi connectivity index (χ2v) is 4.98. The zero-order valence-corrected chi connectivity index (χ0v) is 9.70. The maximum absolute atomic E-state index is 5.09. The highest BCUT2D eigenvalue weighted by Crippen LogP contribution is 2.25. The Kier molecular flexibility index (Phi) is 3.20. The van der Waals surface area contributed by atoms with Crippen LogP contribution in [0.5, 0.6) is 0 Å². The lowest BCUT2D eigenvalue weighted by Crippen LogP contribution is -2.33. The lowest BCUT2D eigenvalue weighted by atomic mass is 10.2. The summed E-state index contributed by atoms with van der Waals surface area (Å²) < 4.78 is 0.763. The van der Waals surface area contributed by atoms with E-state index in [9.17, 15) is 0 Å². The van der Waals surface area contributed by atoms with Crippen molar-refractivity contribution in [2.45, 2.75) is 6.04 Å². The minimum Gasteiger partial charge on any atom is -0.333 e. The minimum atomic E-state index is 0.386. The zero-order valence-electron chi connectivity index (χ0n) is 8.06. The van der Waals surface area contributed by atoms with E-state index in [0.29, 0.717) is 6.04 Å². The van der Waals surface area contributed by atoms with Gasteiger partial charge in [-0.25, -0.2) is 4.98 Å². The van der Waals surface area contributed by atoms with Crippen LogP contribution in [-0.2, 0) is 0 Å². The molecule has 0 spiro atoms. The summed E-state index contributed by atoms with van der Waals surface area (Å²) in [5.74, 6) is 3.30. The van der Waals surface area contributed by atoms with Crippen molar-refractivity contribution >= 4 is 24.0 Å². The highest BCUT2D eigenvalue weighted by Gasteiger charge is 2.22. The third-order valence-electron chi connectivity index (χ3n) is 2.40. The van der Waals surface area contributed by atoms with Crippen LogP contribution >= 0.6 is 24.0 Å². The van der Waals surface area contributed by atoms with E-state index in [2.05, 4.69) is 21.9 Å². The van der Waals surface area contributed by atoms with E-state index in [4.69, 9.17) is 12.2 Å². The normalized spacial score (nSPS) is 23.6. The molecular weight excluding hydrogens is 214 g/mol. The molecule has 0 saturated carbocycles. The second kappa shape index (κ2) is 4.42. The number of hydrogen-bond donors (Lipinski definition) is 1. The average molecular weight is 227 g/mol. The number of aromatic amines is 1. The summed E-state index contributed by atoms with van der Waals surface area (Å²) in [4.78, 5) is 9.82. The van der Waals surface area contributed by atoms with Crippen molar-refractivity contribution in [2.24, 2.45) is 0 Å². The molecule has 0 amide bonds. The number of H-pyrrole nitrogens is 1. The van der Waals surface area contributed by atoms with Gasteiger partial charge < -0.3 is 4.98 Å². The Hall–Kier alpha value is -0.390. The number of aromatic nitrogens is 2. The Labute approximate surface area is 92.9 Å². The summed E-state index contributed by atoms with van der Waals surface area (Å²) in [5, 5.41) is 0. The predicted octanol–water partition coefficient (Wildman–Crippen LogP) is 1.86. The highest BCUT2D eigenvalue weighted by molar-refractivity contribution is 7.99. The maximum Gasteiger partial charge on any atom is 0.125 e. The Balaban J connectivity index is 2.24. The molecule has 2 heterocycles. The smallest absolute Gasteiger partial charge is 0.125 e. The largest absolute Gasteiger partial charge is 0.333 e. The molecule has 1 unspecified atom stereocenters. The molecule has 0 aliphatic carbocycles. The molecule has 5 heteroatoms. The van der Waals surface area contributed by atoms with Gasteiger partial charge in [-0.3, -0.25) is 4.90 Å². The van der Waals surface area contributed by atoms with Gasteiger partial charge in [-0.15, -0.1) is 0 Å². The number of thioether (sulfide) groups is 1. The van der Waals surface area contributed by atoms with Crippen LogP contribution in [-0.4, -0.2) is 40.0 Å². The number of nitrogens with one attached hydrogen (secondary N) is 1. The molecule has 0 aromatic carbocycles. The molecule has 14 heavy (non-hydrogen) atoms. The van der Waals surface area contributed by atoms with Gasteiger partial charge in [-0.1, -0.05) is 12.2 Å². The van der Waals surface area contributed by atoms with Crippen molar-refractivity contribution in [3.05, 3.63) is 22.7 Å². The lowest BCUT2D eigenvalue weighted by molar-refractivity contribution is 0.264. The van der Waals surface area contributed by atoms with Crippen molar-refractivity contribution in [3.63, 3.8) is 0 Å². The predicted molar refractivity (Wildman–Crippen MR) is 62.1 cm³/mol. The standard InChI is InChI=1S/C9H13N3S2/c1-12-4-5-14-6-7(12)9-10-3-2-8(13)11-9/h2-3,7H,4-6H2,1H3,(H,10,11,13). The van der Waals surface area contributed by atoms with Gasteiger partial charge in [-0.05, 0) is 13.1 Å². The van der Waals surface area contributed by atoms with Crippen molar-refractivity contribution in [1.82, 2.24) is 14.9 Å². The van der Waals surface area contributed by atoms with Crippen molar-refractivity contribution in [3.8, 4) is 0 Å². The molecule has 1 atom stereocenters. The topological polar surface area (TPSA) is 31.9 Å². The first-order valence-electron chi connectivity index (χ1n) is 4.60. The highest BCUT2D eigenvalue weighted by atomic mass is 32.2. The van der Waals surface area contributed by atoms with E-state index in [1.54, 1.807) is 6.20 Å². The first-order chi connectivity index (χ1) is 6.77. The van der Waals surface area contributed by atoms with Gasteiger partial charge in [0.05, 0.1) is 6.04 Å².